The Morgan fingerprint density at radius 3 is 2.09 bits per heavy atom. The van der Waals surface area contributed by atoms with Gasteiger partial charge in [0.25, 0.3) is 0 Å². The molecule has 3 aliphatic heterocycles. The summed E-state index contributed by atoms with van der Waals surface area (Å²) in [4.78, 5) is 93.0. The van der Waals surface area contributed by atoms with Crippen molar-refractivity contribution in [1.29, 1.82) is 0 Å². The molecule has 3 saturated heterocycles. The van der Waals surface area contributed by atoms with Gasteiger partial charge in [-0.15, -0.1) is 0 Å². The van der Waals surface area contributed by atoms with Crippen LogP contribution in [0, 0.1) is 0 Å². The minimum absolute atomic E-state index is 0.206. The number of likely N-dealkylation sites (tertiary alicyclic amines) is 3. The van der Waals surface area contributed by atoms with Gasteiger partial charge in [0.05, 0.1) is 19.7 Å². The number of amides is 7. The van der Waals surface area contributed by atoms with Gasteiger partial charge in [-0.2, -0.15) is 11.8 Å². The van der Waals surface area contributed by atoms with Crippen molar-refractivity contribution in [3.05, 3.63) is 0 Å². The maximum atomic E-state index is 13.5. The topological polar surface area (TPSA) is 198 Å². The lowest BCUT2D eigenvalue weighted by Crippen LogP contribution is -2.57. The molecule has 3 fully saturated rings. The Morgan fingerprint density at radius 2 is 1.47 bits per heavy atom. The molecule has 0 aliphatic carbocycles. The minimum atomic E-state index is -1.11. The van der Waals surface area contributed by atoms with Gasteiger partial charge < -0.3 is 41.1 Å². The molecule has 15 nitrogen and oxygen atoms in total. The second-order valence-electron chi connectivity index (χ2n) is 10.9. The van der Waals surface area contributed by atoms with E-state index in [1.807, 2.05) is 0 Å². The number of thioether (sulfide) groups is 1. The first-order valence-corrected chi connectivity index (χ1v) is 16.1. The number of hydrogen-bond donors (Lipinski definition) is 5. The number of aliphatic hydroxyl groups excluding tert-OH is 1. The molecule has 0 radical (unpaired) electrons. The molecule has 4 atom stereocenters. The summed E-state index contributed by atoms with van der Waals surface area (Å²) >= 11 is 1.31. The molecule has 0 saturated carbocycles. The lowest BCUT2D eigenvalue weighted by molar-refractivity contribution is -0.146. The van der Waals surface area contributed by atoms with E-state index >= 15 is 0 Å². The number of hydrogen-bond acceptors (Lipinski definition) is 9. The molecule has 7 amide bonds. The summed E-state index contributed by atoms with van der Waals surface area (Å²) in [6.07, 6.45) is 5.54. The zero-order chi connectivity index (χ0) is 31.5. The highest BCUT2D eigenvalue weighted by Crippen LogP contribution is 2.25. The van der Waals surface area contributed by atoms with Gasteiger partial charge in [0.1, 0.15) is 24.2 Å². The Hall–Kier alpha value is -3.40. The van der Waals surface area contributed by atoms with E-state index in [4.69, 9.17) is 0 Å². The molecule has 3 rings (SSSR count). The van der Waals surface area contributed by atoms with Crippen LogP contribution >= 0.6 is 11.8 Å². The first-order valence-electron chi connectivity index (χ1n) is 14.7. The van der Waals surface area contributed by atoms with Crippen LogP contribution in [-0.4, -0.2) is 143 Å². The molecule has 5 N–H and O–H groups in total. The summed E-state index contributed by atoms with van der Waals surface area (Å²) in [7, 11) is 0. The summed E-state index contributed by atoms with van der Waals surface area (Å²) in [6, 6.07) is -3.64. The number of carbonyl (C=O) groups excluding carboxylic acids is 7. The van der Waals surface area contributed by atoms with Crippen LogP contribution in [0.3, 0.4) is 0 Å². The predicted octanol–water partition coefficient (Wildman–Crippen LogP) is -2.83. The maximum absolute atomic E-state index is 13.5. The van der Waals surface area contributed by atoms with Crippen molar-refractivity contribution in [1.82, 2.24) is 36.0 Å². The maximum Gasteiger partial charge on any atom is 0.247 e. The van der Waals surface area contributed by atoms with E-state index in [-0.39, 0.29) is 35.9 Å². The molecule has 3 aliphatic rings. The molecule has 0 aromatic rings. The van der Waals surface area contributed by atoms with Gasteiger partial charge in [-0.25, -0.2) is 0 Å². The van der Waals surface area contributed by atoms with Crippen LogP contribution in [0.15, 0.2) is 0 Å². The van der Waals surface area contributed by atoms with Gasteiger partial charge in [-0.3, -0.25) is 33.6 Å². The monoisotopic (exact) mass is 625 g/mol. The fraction of sp³-hybridized carbons (Fsp3) is 0.741. The smallest absolute Gasteiger partial charge is 0.247 e. The van der Waals surface area contributed by atoms with E-state index in [1.54, 1.807) is 11.2 Å². The normalized spacial score (nSPS) is 21.2. The van der Waals surface area contributed by atoms with Gasteiger partial charge >= 0.3 is 0 Å². The SMILES string of the molecule is CSCC(NC(=O)[C@H]1CCCN1C(=O)[C@H]1CCCN1C(=O)CNC(C)=O)C(=O)NCC(=O)N[C@@H](CO)C(=O)N1CCCC1. The fourth-order valence-corrected chi connectivity index (χ4v) is 6.18. The van der Waals surface area contributed by atoms with E-state index in [0.717, 1.165) is 12.8 Å². The lowest BCUT2D eigenvalue weighted by Gasteiger charge is -2.31. The third kappa shape index (κ3) is 9.29. The van der Waals surface area contributed by atoms with Crippen LogP contribution < -0.4 is 21.3 Å². The highest BCUT2D eigenvalue weighted by atomic mass is 32.2. The molecule has 3 heterocycles. The standard InChI is InChI=1S/C27H43N7O8S/c1-17(36)28-14-23(38)33-11-6-8-21(33)27(42)34-12-5-7-20(34)25(40)31-19(16-43-2)24(39)29-13-22(37)30-18(15-35)26(41)32-9-3-4-10-32/h18-21,35H,3-16H2,1-2H3,(H,28,36)(H,29,39)(H,30,37)(H,31,40)/t18-,19?,20+,21+/m0/s1. The summed E-state index contributed by atoms with van der Waals surface area (Å²) in [6.45, 7) is 1.92. The van der Waals surface area contributed by atoms with Gasteiger partial charge in [-0.05, 0) is 44.8 Å². The molecule has 240 valence electrons. The van der Waals surface area contributed by atoms with Crippen molar-refractivity contribution < 1.29 is 38.7 Å². The molecular weight excluding hydrogens is 582 g/mol. The summed E-state index contributed by atoms with van der Waals surface area (Å²) in [5, 5.41) is 19.7. The molecule has 16 heteroatoms. The van der Waals surface area contributed by atoms with Crippen LogP contribution in [0.5, 0.6) is 0 Å². The highest BCUT2D eigenvalue weighted by molar-refractivity contribution is 7.98. The van der Waals surface area contributed by atoms with Crippen molar-refractivity contribution in [3.8, 4) is 0 Å². The Bertz CT molecular complexity index is 1070. The van der Waals surface area contributed by atoms with Crippen molar-refractivity contribution in [2.24, 2.45) is 0 Å². The van der Waals surface area contributed by atoms with Gasteiger partial charge in [0.2, 0.25) is 41.4 Å². The Morgan fingerprint density at radius 1 is 0.814 bits per heavy atom. The summed E-state index contributed by atoms with van der Waals surface area (Å²) in [5.41, 5.74) is 0. The molecule has 0 spiro atoms. The van der Waals surface area contributed by atoms with Gasteiger partial charge in [0.15, 0.2) is 0 Å². The predicted molar refractivity (Wildman–Crippen MR) is 156 cm³/mol. The number of rotatable bonds is 13. The molecule has 0 aromatic heterocycles. The van der Waals surface area contributed by atoms with E-state index in [1.165, 1.54) is 28.5 Å². The summed E-state index contributed by atoms with van der Waals surface area (Å²) < 4.78 is 0. The van der Waals surface area contributed by atoms with E-state index in [0.29, 0.717) is 51.9 Å². The number of aliphatic hydroxyl groups is 1. The number of nitrogens with one attached hydrogen (secondary N) is 4. The van der Waals surface area contributed by atoms with Gasteiger partial charge in [0, 0.05) is 38.9 Å². The van der Waals surface area contributed by atoms with Gasteiger partial charge in [-0.1, -0.05) is 0 Å². The average Bonchev–Trinajstić information content (AvgIpc) is 3.78. The zero-order valence-electron chi connectivity index (χ0n) is 24.8. The Kier molecular flexibility index (Phi) is 13.0. The number of carbonyl (C=O) groups is 7. The summed E-state index contributed by atoms with van der Waals surface area (Å²) in [5.74, 6) is -2.98. The van der Waals surface area contributed by atoms with Crippen molar-refractivity contribution >= 4 is 53.1 Å². The molecule has 0 aromatic carbocycles. The zero-order valence-corrected chi connectivity index (χ0v) is 25.6. The Balaban J connectivity index is 1.54. The lowest BCUT2D eigenvalue weighted by atomic mass is 10.1. The van der Waals surface area contributed by atoms with E-state index in [9.17, 15) is 38.7 Å². The molecule has 43 heavy (non-hydrogen) atoms. The van der Waals surface area contributed by atoms with Crippen LogP contribution in [0.25, 0.3) is 0 Å². The largest absolute Gasteiger partial charge is 0.394 e. The Labute approximate surface area is 255 Å². The third-order valence-corrected chi connectivity index (χ3v) is 8.48. The fourth-order valence-electron chi connectivity index (χ4n) is 5.61. The minimum Gasteiger partial charge on any atom is -0.394 e. The second kappa shape index (κ2) is 16.4. The number of nitrogens with zero attached hydrogens (tertiary/aromatic N) is 3. The first kappa shape index (κ1) is 34.1. The third-order valence-electron chi connectivity index (χ3n) is 7.81. The molecule has 0 bridgehead atoms. The van der Waals surface area contributed by atoms with E-state index in [2.05, 4.69) is 21.3 Å². The molecular formula is C27H43N7O8S. The van der Waals surface area contributed by atoms with Crippen LogP contribution in [0.2, 0.25) is 0 Å². The van der Waals surface area contributed by atoms with Crippen LogP contribution in [0.1, 0.15) is 45.4 Å². The van der Waals surface area contributed by atoms with Crippen molar-refractivity contribution in [2.75, 3.05) is 57.9 Å². The average molecular weight is 626 g/mol. The highest BCUT2D eigenvalue weighted by Gasteiger charge is 2.42. The quantitative estimate of drug-likeness (QED) is 0.143. The van der Waals surface area contributed by atoms with Crippen molar-refractivity contribution in [3.63, 3.8) is 0 Å². The first-order chi connectivity index (χ1) is 20.6. The molecule has 1 unspecified atom stereocenters. The second-order valence-corrected chi connectivity index (χ2v) is 11.8. The van der Waals surface area contributed by atoms with E-state index < -0.39 is 55.0 Å². The van der Waals surface area contributed by atoms with Crippen LogP contribution in [0.4, 0.5) is 0 Å². The van der Waals surface area contributed by atoms with Crippen LogP contribution in [-0.2, 0) is 33.6 Å². The van der Waals surface area contributed by atoms with Crippen molar-refractivity contribution in [2.45, 2.75) is 69.6 Å².